The highest BCUT2D eigenvalue weighted by Crippen LogP contribution is 2.30. The Morgan fingerprint density at radius 3 is 2.67 bits per heavy atom. The number of nitrogens with zero attached hydrogens (tertiary/aromatic N) is 4. The van der Waals surface area contributed by atoms with Gasteiger partial charge in [0.25, 0.3) is 0 Å². The van der Waals surface area contributed by atoms with E-state index in [2.05, 4.69) is 34.1 Å². The minimum absolute atomic E-state index is 0.222. The molecule has 2 aliphatic rings. The first-order valence-corrected chi connectivity index (χ1v) is 7.74. The standard InChI is InChI=1S/C14H23N5O2/c1-9(2)11-3-6-15-13-16-14(17-19(11)13)18-7-4-10(5-8-18)12(20)21/h9-11H,3-8H2,1-2H3,(H,20,21)(H,15,16,17). The smallest absolute Gasteiger partial charge is 0.306 e. The molecule has 1 atom stereocenters. The van der Waals surface area contributed by atoms with Gasteiger partial charge in [-0.1, -0.05) is 13.8 Å². The molecule has 21 heavy (non-hydrogen) atoms. The predicted molar refractivity (Wildman–Crippen MR) is 79.6 cm³/mol. The van der Waals surface area contributed by atoms with Gasteiger partial charge in [0, 0.05) is 19.6 Å². The van der Waals surface area contributed by atoms with Gasteiger partial charge in [0.05, 0.1) is 12.0 Å². The normalized spacial score (nSPS) is 23.0. The Hall–Kier alpha value is -1.79. The predicted octanol–water partition coefficient (Wildman–Crippen LogP) is 1.59. The van der Waals surface area contributed by atoms with Crippen LogP contribution >= 0.6 is 0 Å². The number of aromatic nitrogens is 3. The van der Waals surface area contributed by atoms with E-state index in [4.69, 9.17) is 5.11 Å². The molecule has 116 valence electrons. The Morgan fingerprint density at radius 2 is 2.05 bits per heavy atom. The number of piperidine rings is 1. The maximum atomic E-state index is 11.0. The van der Waals surface area contributed by atoms with Crippen LogP contribution in [-0.2, 0) is 4.79 Å². The summed E-state index contributed by atoms with van der Waals surface area (Å²) >= 11 is 0. The van der Waals surface area contributed by atoms with Gasteiger partial charge >= 0.3 is 5.97 Å². The molecular formula is C14H23N5O2. The van der Waals surface area contributed by atoms with Gasteiger partial charge in [-0.2, -0.15) is 4.98 Å². The molecule has 1 fully saturated rings. The van der Waals surface area contributed by atoms with Gasteiger partial charge in [0.2, 0.25) is 11.9 Å². The number of carboxylic acids is 1. The fraction of sp³-hybridized carbons (Fsp3) is 0.786. The number of anilines is 2. The summed E-state index contributed by atoms with van der Waals surface area (Å²) in [6, 6.07) is 0.388. The van der Waals surface area contributed by atoms with Crippen molar-refractivity contribution in [3.63, 3.8) is 0 Å². The highest BCUT2D eigenvalue weighted by molar-refractivity contribution is 5.70. The van der Waals surface area contributed by atoms with Crippen molar-refractivity contribution in [1.29, 1.82) is 0 Å². The fourth-order valence-electron chi connectivity index (χ4n) is 3.19. The number of aliphatic carboxylic acids is 1. The van der Waals surface area contributed by atoms with Crippen molar-refractivity contribution in [2.45, 2.75) is 39.2 Å². The molecule has 0 radical (unpaired) electrons. The molecular weight excluding hydrogens is 270 g/mol. The molecule has 2 N–H and O–H groups in total. The second kappa shape index (κ2) is 5.54. The lowest BCUT2D eigenvalue weighted by Crippen LogP contribution is -2.37. The molecule has 3 rings (SSSR count). The zero-order valence-corrected chi connectivity index (χ0v) is 12.6. The van der Waals surface area contributed by atoms with Crippen LogP contribution in [-0.4, -0.2) is 45.5 Å². The first-order chi connectivity index (χ1) is 10.1. The van der Waals surface area contributed by atoms with Gasteiger partial charge in [0.15, 0.2) is 0 Å². The van der Waals surface area contributed by atoms with Gasteiger partial charge in [-0.25, -0.2) is 4.68 Å². The summed E-state index contributed by atoms with van der Waals surface area (Å²) < 4.78 is 2.01. The average Bonchev–Trinajstić information content (AvgIpc) is 2.90. The Morgan fingerprint density at radius 1 is 1.33 bits per heavy atom. The van der Waals surface area contributed by atoms with Gasteiger partial charge in [-0.3, -0.25) is 4.79 Å². The zero-order valence-electron chi connectivity index (χ0n) is 12.6. The largest absolute Gasteiger partial charge is 0.481 e. The molecule has 0 aliphatic carbocycles. The van der Waals surface area contributed by atoms with Crippen LogP contribution in [0.5, 0.6) is 0 Å². The van der Waals surface area contributed by atoms with E-state index in [1.165, 1.54) is 0 Å². The third-order valence-corrected chi connectivity index (χ3v) is 4.55. The molecule has 0 saturated carbocycles. The van der Waals surface area contributed by atoms with E-state index in [1.54, 1.807) is 0 Å². The van der Waals surface area contributed by atoms with E-state index in [0.29, 0.717) is 37.9 Å². The van der Waals surface area contributed by atoms with Crippen LogP contribution in [0.4, 0.5) is 11.9 Å². The number of hydrogen-bond acceptors (Lipinski definition) is 5. The lowest BCUT2D eigenvalue weighted by Gasteiger charge is -2.29. The zero-order chi connectivity index (χ0) is 15.0. The topological polar surface area (TPSA) is 83.3 Å². The lowest BCUT2D eigenvalue weighted by atomic mass is 9.97. The fourth-order valence-corrected chi connectivity index (χ4v) is 3.19. The number of hydrogen-bond donors (Lipinski definition) is 2. The Labute approximate surface area is 124 Å². The molecule has 1 unspecified atom stereocenters. The van der Waals surface area contributed by atoms with E-state index < -0.39 is 5.97 Å². The molecule has 0 amide bonds. The van der Waals surface area contributed by atoms with Crippen LogP contribution in [0.3, 0.4) is 0 Å². The Kier molecular flexibility index (Phi) is 3.73. The summed E-state index contributed by atoms with van der Waals surface area (Å²) in [6.45, 7) is 6.78. The lowest BCUT2D eigenvalue weighted by molar-refractivity contribution is -0.142. The highest BCUT2D eigenvalue weighted by Gasteiger charge is 2.30. The number of nitrogens with one attached hydrogen (secondary N) is 1. The van der Waals surface area contributed by atoms with Crippen molar-refractivity contribution in [2.24, 2.45) is 11.8 Å². The first kappa shape index (κ1) is 14.2. The Bertz CT molecular complexity index is 519. The van der Waals surface area contributed by atoms with Crippen molar-refractivity contribution in [2.75, 3.05) is 29.9 Å². The van der Waals surface area contributed by atoms with Gasteiger partial charge in [-0.05, 0) is 25.2 Å². The number of carboxylic acid groups (broad SMARTS) is 1. The van der Waals surface area contributed by atoms with E-state index in [-0.39, 0.29) is 5.92 Å². The summed E-state index contributed by atoms with van der Waals surface area (Å²) in [5.74, 6) is 1.19. The van der Waals surface area contributed by atoms with E-state index in [1.807, 2.05) is 4.68 Å². The van der Waals surface area contributed by atoms with E-state index in [0.717, 1.165) is 24.9 Å². The van der Waals surface area contributed by atoms with Crippen molar-refractivity contribution in [3.05, 3.63) is 0 Å². The van der Waals surface area contributed by atoms with Crippen molar-refractivity contribution in [3.8, 4) is 0 Å². The quantitative estimate of drug-likeness (QED) is 0.880. The van der Waals surface area contributed by atoms with Crippen LogP contribution in [0, 0.1) is 11.8 Å². The molecule has 1 aromatic heterocycles. The maximum absolute atomic E-state index is 11.0. The van der Waals surface area contributed by atoms with Gasteiger partial charge in [0.1, 0.15) is 0 Å². The van der Waals surface area contributed by atoms with Gasteiger partial charge in [-0.15, -0.1) is 5.10 Å². The minimum Gasteiger partial charge on any atom is -0.481 e. The minimum atomic E-state index is -0.687. The molecule has 7 nitrogen and oxygen atoms in total. The second-order valence-corrected chi connectivity index (χ2v) is 6.31. The van der Waals surface area contributed by atoms with Crippen molar-refractivity contribution >= 4 is 17.9 Å². The molecule has 0 bridgehead atoms. The molecule has 1 aromatic rings. The van der Waals surface area contributed by atoms with E-state index in [9.17, 15) is 4.79 Å². The van der Waals surface area contributed by atoms with Crippen molar-refractivity contribution < 1.29 is 9.90 Å². The Balaban J connectivity index is 1.75. The molecule has 0 spiro atoms. The van der Waals surface area contributed by atoms with Crippen LogP contribution in [0.2, 0.25) is 0 Å². The third-order valence-electron chi connectivity index (χ3n) is 4.55. The number of fused-ring (bicyclic) bond motifs is 1. The monoisotopic (exact) mass is 293 g/mol. The van der Waals surface area contributed by atoms with Crippen LogP contribution in [0.1, 0.15) is 39.2 Å². The number of rotatable bonds is 3. The van der Waals surface area contributed by atoms with Gasteiger partial charge < -0.3 is 15.3 Å². The summed E-state index contributed by atoms with van der Waals surface area (Å²) in [4.78, 5) is 17.7. The maximum Gasteiger partial charge on any atom is 0.306 e. The molecule has 1 saturated heterocycles. The van der Waals surface area contributed by atoms with Crippen LogP contribution in [0.25, 0.3) is 0 Å². The summed E-state index contributed by atoms with van der Waals surface area (Å²) in [6.07, 6.45) is 2.40. The van der Waals surface area contributed by atoms with E-state index >= 15 is 0 Å². The summed E-state index contributed by atoms with van der Waals surface area (Å²) in [5.41, 5.74) is 0. The molecule has 3 heterocycles. The summed E-state index contributed by atoms with van der Waals surface area (Å²) in [5, 5.41) is 17.0. The highest BCUT2D eigenvalue weighted by atomic mass is 16.4. The molecule has 7 heteroatoms. The van der Waals surface area contributed by atoms with Crippen LogP contribution in [0.15, 0.2) is 0 Å². The number of carbonyl (C=O) groups is 1. The summed E-state index contributed by atoms with van der Waals surface area (Å²) in [7, 11) is 0. The average molecular weight is 293 g/mol. The SMILES string of the molecule is CC(C)C1CCNc2nc(N3CCC(C(=O)O)CC3)nn21. The molecule has 2 aliphatic heterocycles. The van der Waals surface area contributed by atoms with Crippen LogP contribution < -0.4 is 10.2 Å². The molecule has 0 aromatic carbocycles. The first-order valence-electron chi connectivity index (χ1n) is 7.74. The van der Waals surface area contributed by atoms with Crippen molar-refractivity contribution in [1.82, 2.24) is 14.8 Å². The second-order valence-electron chi connectivity index (χ2n) is 6.31. The third kappa shape index (κ3) is 2.69.